The Morgan fingerprint density at radius 1 is 1.09 bits per heavy atom. The minimum atomic E-state index is -1.24. The maximum absolute atomic E-state index is 13.4. The molecule has 182 valence electrons. The number of benzene rings is 2. The van der Waals surface area contributed by atoms with Crippen LogP contribution in [0, 0.1) is 6.92 Å². The van der Waals surface area contributed by atoms with Gasteiger partial charge in [-0.25, -0.2) is 9.36 Å². The summed E-state index contributed by atoms with van der Waals surface area (Å²) in [5.41, 5.74) is 2.56. The van der Waals surface area contributed by atoms with E-state index in [9.17, 15) is 19.5 Å². The molecule has 0 aliphatic rings. The summed E-state index contributed by atoms with van der Waals surface area (Å²) in [6, 6.07) is 15.8. The second-order valence-corrected chi connectivity index (χ2v) is 9.99. The molecule has 0 atom stereocenters. The van der Waals surface area contributed by atoms with Gasteiger partial charge in [0.2, 0.25) is 0 Å². The van der Waals surface area contributed by atoms with Crippen LogP contribution in [0.2, 0.25) is 0 Å². The van der Waals surface area contributed by atoms with Crippen LogP contribution in [0.5, 0.6) is 0 Å². The van der Waals surface area contributed by atoms with Crippen molar-refractivity contribution in [1.82, 2.24) is 9.13 Å². The molecule has 0 unspecified atom stereocenters. The molecule has 4 aromatic rings. The number of carboxylic acids is 1. The molecule has 0 saturated heterocycles. The van der Waals surface area contributed by atoms with Crippen molar-refractivity contribution in [3.63, 3.8) is 0 Å². The van der Waals surface area contributed by atoms with E-state index in [2.05, 4.69) is 0 Å². The van der Waals surface area contributed by atoms with Crippen LogP contribution in [0.25, 0.3) is 20.7 Å². The Kier molecular flexibility index (Phi) is 7.59. The second kappa shape index (κ2) is 10.6. The van der Waals surface area contributed by atoms with Crippen molar-refractivity contribution in [1.29, 1.82) is 0 Å². The van der Waals surface area contributed by atoms with Crippen LogP contribution in [0.1, 0.15) is 16.7 Å². The third-order valence-corrected chi connectivity index (χ3v) is 8.12. The lowest BCUT2D eigenvalue weighted by Gasteiger charge is -2.13. The number of aromatic nitrogens is 2. The molecule has 2 heterocycles. The van der Waals surface area contributed by atoms with Gasteiger partial charge in [0.15, 0.2) is 0 Å². The zero-order valence-corrected chi connectivity index (χ0v) is 21.4. The molecule has 9 heteroatoms. The number of carbonyl (C=O) groups is 1. The molecule has 0 amide bonds. The summed E-state index contributed by atoms with van der Waals surface area (Å²) in [6.07, 6.45) is 2.77. The quantitative estimate of drug-likeness (QED) is 0.339. The number of rotatable bonds is 9. The van der Waals surface area contributed by atoms with Gasteiger partial charge in [-0.1, -0.05) is 42.5 Å². The van der Waals surface area contributed by atoms with Crippen LogP contribution in [0.15, 0.2) is 63.0 Å². The van der Waals surface area contributed by atoms with Gasteiger partial charge in [-0.05, 0) is 47.9 Å². The Bertz CT molecular complexity index is 1500. The van der Waals surface area contributed by atoms with E-state index in [1.165, 1.54) is 15.9 Å². The van der Waals surface area contributed by atoms with Crippen LogP contribution >= 0.6 is 23.1 Å². The highest BCUT2D eigenvalue weighted by atomic mass is 32.2. The number of aliphatic carboxylic acids is 1. The molecule has 4 rings (SSSR count). The molecule has 0 bridgehead atoms. The Balaban J connectivity index is 1.93. The zero-order chi connectivity index (χ0) is 25.1. The molecule has 2 aromatic heterocycles. The maximum atomic E-state index is 13.4. The van der Waals surface area contributed by atoms with Gasteiger partial charge in [-0.3, -0.25) is 14.2 Å². The van der Waals surface area contributed by atoms with Gasteiger partial charge in [-0.15, -0.1) is 23.1 Å². The van der Waals surface area contributed by atoms with Crippen LogP contribution in [0.3, 0.4) is 0 Å². The zero-order valence-electron chi connectivity index (χ0n) is 19.7. The predicted octanol–water partition coefficient (Wildman–Crippen LogP) is 4.24. The largest absolute Gasteiger partial charge is 0.480 e. The smallest absolute Gasteiger partial charge is 0.332 e. The first kappa shape index (κ1) is 25.0. The van der Waals surface area contributed by atoms with Crippen molar-refractivity contribution in [3.05, 3.63) is 86.1 Å². The molecular weight excluding hydrogens is 484 g/mol. The first-order valence-corrected chi connectivity index (χ1v) is 13.1. The fourth-order valence-corrected chi connectivity index (χ4v) is 6.04. The van der Waals surface area contributed by atoms with Crippen molar-refractivity contribution in [2.24, 2.45) is 0 Å². The molecule has 0 spiro atoms. The minimum absolute atomic E-state index is 0.238. The van der Waals surface area contributed by atoms with Gasteiger partial charge in [0.1, 0.15) is 11.4 Å². The van der Waals surface area contributed by atoms with E-state index in [4.69, 9.17) is 4.74 Å². The van der Waals surface area contributed by atoms with Crippen LogP contribution < -0.4 is 11.2 Å². The number of thiophene rings is 1. The fourth-order valence-electron chi connectivity index (χ4n) is 4.13. The highest BCUT2D eigenvalue weighted by Gasteiger charge is 2.22. The molecule has 0 radical (unpaired) electrons. The van der Waals surface area contributed by atoms with Crippen LogP contribution in [-0.2, 0) is 29.0 Å². The summed E-state index contributed by atoms with van der Waals surface area (Å²) < 4.78 is 7.50. The molecule has 0 aliphatic carbocycles. The van der Waals surface area contributed by atoms with Gasteiger partial charge in [0.25, 0.3) is 5.56 Å². The number of hydrogen-bond acceptors (Lipinski definition) is 6. The van der Waals surface area contributed by atoms with Crippen molar-refractivity contribution in [3.8, 4) is 10.4 Å². The predicted molar refractivity (Wildman–Crippen MR) is 141 cm³/mol. The number of thioether (sulfide) groups is 1. The van der Waals surface area contributed by atoms with E-state index in [0.717, 1.165) is 43.0 Å². The number of methoxy groups -OCH3 is 1. The first-order valence-electron chi connectivity index (χ1n) is 11.0. The number of nitrogens with zero attached hydrogens (tertiary/aromatic N) is 2. The van der Waals surface area contributed by atoms with Gasteiger partial charge in [0, 0.05) is 16.9 Å². The summed E-state index contributed by atoms with van der Waals surface area (Å²) in [5.74, 6) is -1.24. The molecule has 1 N–H and O–H groups in total. The molecular formula is C26H26N2O5S2. The molecule has 0 aliphatic heterocycles. The topological polar surface area (TPSA) is 90.5 Å². The SMILES string of the molecule is COCCc1ccc(-c2sc3c(c2C)c(=O)n(CC(=O)O)c(=O)n3Cc2ccccc2SC)cc1. The Morgan fingerprint density at radius 3 is 2.46 bits per heavy atom. The van der Waals surface area contributed by atoms with Crippen molar-refractivity contribution >= 4 is 39.3 Å². The number of carboxylic acid groups (broad SMARTS) is 1. The van der Waals surface area contributed by atoms with Crippen molar-refractivity contribution in [2.75, 3.05) is 20.0 Å². The van der Waals surface area contributed by atoms with Crippen LogP contribution in [0.4, 0.5) is 0 Å². The van der Waals surface area contributed by atoms with Gasteiger partial charge >= 0.3 is 11.7 Å². The van der Waals surface area contributed by atoms with E-state index in [1.54, 1.807) is 18.9 Å². The lowest BCUT2D eigenvalue weighted by atomic mass is 10.1. The standard InChI is InChI=1S/C26H26N2O5S2/c1-16-22-24(31)27(15-21(29)30)26(32)28(14-19-6-4-5-7-20(19)34-3)25(22)35-23(16)18-10-8-17(9-11-18)12-13-33-2/h4-11H,12-15H2,1-3H3,(H,29,30). The molecule has 35 heavy (non-hydrogen) atoms. The van der Waals surface area contributed by atoms with Crippen LogP contribution in [-0.4, -0.2) is 40.2 Å². The monoisotopic (exact) mass is 510 g/mol. The number of ether oxygens (including phenoxy) is 1. The minimum Gasteiger partial charge on any atom is -0.480 e. The average molecular weight is 511 g/mol. The van der Waals surface area contributed by atoms with Crippen molar-refractivity contribution in [2.45, 2.75) is 31.3 Å². The van der Waals surface area contributed by atoms with E-state index < -0.39 is 23.8 Å². The van der Waals surface area contributed by atoms with E-state index in [1.807, 2.05) is 61.7 Å². The Morgan fingerprint density at radius 2 is 1.80 bits per heavy atom. The summed E-state index contributed by atoms with van der Waals surface area (Å²) in [7, 11) is 1.67. The second-order valence-electron chi connectivity index (χ2n) is 8.14. The highest BCUT2D eigenvalue weighted by Crippen LogP contribution is 2.36. The average Bonchev–Trinajstić information content (AvgIpc) is 3.20. The van der Waals surface area contributed by atoms with Crippen molar-refractivity contribution < 1.29 is 14.6 Å². The third-order valence-electron chi connectivity index (χ3n) is 5.92. The Hall–Kier alpha value is -3.14. The lowest BCUT2D eigenvalue weighted by molar-refractivity contribution is -0.137. The van der Waals surface area contributed by atoms with Gasteiger partial charge in [-0.2, -0.15) is 0 Å². The van der Waals surface area contributed by atoms with E-state index in [-0.39, 0.29) is 6.54 Å². The molecule has 7 nitrogen and oxygen atoms in total. The van der Waals surface area contributed by atoms with E-state index >= 15 is 0 Å². The maximum Gasteiger partial charge on any atom is 0.332 e. The summed E-state index contributed by atoms with van der Waals surface area (Å²) in [4.78, 5) is 40.7. The number of aryl methyl sites for hydroxylation is 1. The normalized spacial score (nSPS) is 11.3. The highest BCUT2D eigenvalue weighted by molar-refractivity contribution is 7.98. The molecule has 0 saturated carbocycles. The van der Waals surface area contributed by atoms with E-state index in [0.29, 0.717) is 16.8 Å². The summed E-state index contributed by atoms with van der Waals surface area (Å²) in [5, 5.41) is 9.76. The van der Waals surface area contributed by atoms with Gasteiger partial charge < -0.3 is 9.84 Å². The Labute approximate surface area is 210 Å². The molecule has 2 aromatic carbocycles. The number of fused-ring (bicyclic) bond motifs is 1. The fraction of sp³-hybridized carbons (Fsp3) is 0.269. The van der Waals surface area contributed by atoms with Gasteiger partial charge in [0.05, 0.1) is 18.5 Å². The third kappa shape index (κ3) is 4.98. The molecule has 0 fully saturated rings. The number of hydrogen-bond donors (Lipinski definition) is 1. The first-order chi connectivity index (χ1) is 16.8. The lowest BCUT2D eigenvalue weighted by Crippen LogP contribution is -2.41. The summed E-state index contributed by atoms with van der Waals surface area (Å²) in [6.45, 7) is 2.04. The summed E-state index contributed by atoms with van der Waals surface area (Å²) >= 11 is 2.96.